The summed E-state index contributed by atoms with van der Waals surface area (Å²) in [5.74, 6) is 0.351. The van der Waals surface area contributed by atoms with Crippen molar-refractivity contribution in [3.63, 3.8) is 0 Å². The van der Waals surface area contributed by atoms with Crippen LogP contribution in [0, 0.1) is 6.92 Å². The zero-order chi connectivity index (χ0) is 23.4. The minimum absolute atomic E-state index is 0.145. The second-order valence-corrected chi connectivity index (χ2v) is 7.81. The lowest BCUT2D eigenvalue weighted by Gasteiger charge is -2.10. The molecule has 0 atom stereocenters. The summed E-state index contributed by atoms with van der Waals surface area (Å²) in [4.78, 5) is 23.8. The van der Waals surface area contributed by atoms with Crippen LogP contribution in [0.25, 0.3) is 10.9 Å². The molecular formula is C27H26N2O4. The molecular weight excluding hydrogens is 416 g/mol. The number of amides is 1. The van der Waals surface area contributed by atoms with Crippen LogP contribution in [0.3, 0.4) is 0 Å². The molecule has 0 aliphatic heterocycles. The van der Waals surface area contributed by atoms with Crippen LogP contribution in [0.1, 0.15) is 34.1 Å². The Bertz CT molecular complexity index is 1310. The molecule has 33 heavy (non-hydrogen) atoms. The van der Waals surface area contributed by atoms with E-state index in [1.54, 1.807) is 31.2 Å². The van der Waals surface area contributed by atoms with E-state index in [0.717, 1.165) is 22.2 Å². The molecule has 0 fully saturated rings. The Morgan fingerprint density at radius 1 is 0.939 bits per heavy atom. The molecule has 0 spiro atoms. The highest BCUT2D eigenvalue weighted by molar-refractivity contribution is 5.91. The summed E-state index contributed by atoms with van der Waals surface area (Å²) >= 11 is 0. The SMILES string of the molecule is CCOC(=O)c1cccc(Oc2ccc3c(c2)c(CC(N)=O)c(C)n3Cc2ccccc2)c1. The molecule has 0 saturated carbocycles. The van der Waals surface area contributed by atoms with Crippen LogP contribution in [-0.4, -0.2) is 23.1 Å². The number of hydrogen-bond donors (Lipinski definition) is 1. The van der Waals surface area contributed by atoms with Gasteiger partial charge in [0.05, 0.1) is 18.6 Å². The van der Waals surface area contributed by atoms with Gasteiger partial charge < -0.3 is 19.8 Å². The van der Waals surface area contributed by atoms with E-state index in [9.17, 15) is 9.59 Å². The number of fused-ring (bicyclic) bond motifs is 1. The standard InChI is InChI=1S/C27H26N2O4/c1-3-32-27(31)20-10-7-11-21(14-20)33-22-12-13-25-24(15-22)23(16-26(28)30)18(2)29(25)17-19-8-5-4-6-9-19/h4-15H,3,16-17H2,1-2H3,(H2,28,30). The van der Waals surface area contributed by atoms with Gasteiger partial charge in [0.1, 0.15) is 11.5 Å². The first-order valence-corrected chi connectivity index (χ1v) is 10.8. The molecule has 0 unspecified atom stereocenters. The van der Waals surface area contributed by atoms with Gasteiger partial charge >= 0.3 is 5.97 Å². The largest absolute Gasteiger partial charge is 0.462 e. The second-order valence-electron chi connectivity index (χ2n) is 7.81. The summed E-state index contributed by atoms with van der Waals surface area (Å²) in [7, 11) is 0. The molecule has 0 aliphatic carbocycles. The van der Waals surface area contributed by atoms with Crippen LogP contribution in [0.2, 0.25) is 0 Å². The number of esters is 1. The van der Waals surface area contributed by atoms with Crippen molar-refractivity contribution >= 4 is 22.8 Å². The fourth-order valence-corrected chi connectivity index (χ4v) is 4.00. The average molecular weight is 443 g/mol. The summed E-state index contributed by atoms with van der Waals surface area (Å²) in [6, 6.07) is 22.8. The van der Waals surface area contributed by atoms with Crippen LogP contribution in [0.15, 0.2) is 72.8 Å². The number of primary amides is 1. The fourth-order valence-electron chi connectivity index (χ4n) is 4.00. The van der Waals surface area contributed by atoms with Crippen molar-refractivity contribution in [1.29, 1.82) is 0 Å². The van der Waals surface area contributed by atoms with Gasteiger partial charge in [0.15, 0.2) is 0 Å². The molecule has 1 amide bonds. The molecule has 6 heteroatoms. The molecule has 0 saturated heterocycles. The molecule has 2 N–H and O–H groups in total. The molecule has 6 nitrogen and oxygen atoms in total. The fraction of sp³-hybridized carbons (Fsp3) is 0.185. The number of benzene rings is 3. The predicted molar refractivity (Wildman–Crippen MR) is 128 cm³/mol. The average Bonchev–Trinajstić information content (AvgIpc) is 3.05. The predicted octanol–water partition coefficient (Wildman–Crippen LogP) is 4.99. The van der Waals surface area contributed by atoms with E-state index in [1.165, 1.54) is 5.56 Å². The van der Waals surface area contributed by atoms with Crippen molar-refractivity contribution in [2.75, 3.05) is 6.61 Å². The van der Waals surface area contributed by atoms with Crippen LogP contribution in [-0.2, 0) is 22.5 Å². The normalized spacial score (nSPS) is 10.8. The van der Waals surface area contributed by atoms with Crippen LogP contribution in [0.5, 0.6) is 11.5 Å². The van der Waals surface area contributed by atoms with Crippen molar-refractivity contribution in [2.45, 2.75) is 26.8 Å². The number of carbonyl (C=O) groups is 2. The van der Waals surface area contributed by atoms with Crippen LogP contribution < -0.4 is 10.5 Å². The molecule has 4 aromatic rings. The number of nitrogens with two attached hydrogens (primary N) is 1. The molecule has 4 rings (SSSR count). The Kier molecular flexibility index (Phi) is 6.45. The topological polar surface area (TPSA) is 83.6 Å². The zero-order valence-corrected chi connectivity index (χ0v) is 18.7. The summed E-state index contributed by atoms with van der Waals surface area (Å²) in [6.07, 6.45) is 0.145. The maximum atomic E-state index is 12.0. The van der Waals surface area contributed by atoms with Crippen molar-refractivity contribution in [2.24, 2.45) is 5.73 Å². The van der Waals surface area contributed by atoms with Crippen LogP contribution in [0.4, 0.5) is 0 Å². The Labute approximate surface area is 192 Å². The number of ether oxygens (including phenoxy) is 2. The monoisotopic (exact) mass is 442 g/mol. The van der Waals surface area contributed by atoms with Crippen molar-refractivity contribution < 1.29 is 19.1 Å². The first kappa shape index (κ1) is 22.1. The van der Waals surface area contributed by atoms with E-state index in [4.69, 9.17) is 15.2 Å². The van der Waals surface area contributed by atoms with Crippen LogP contribution >= 0.6 is 0 Å². The molecule has 168 valence electrons. The summed E-state index contributed by atoms with van der Waals surface area (Å²) in [5, 5.41) is 0.918. The van der Waals surface area contributed by atoms with E-state index in [1.807, 2.05) is 43.3 Å². The van der Waals surface area contributed by atoms with E-state index in [-0.39, 0.29) is 12.3 Å². The number of carbonyl (C=O) groups excluding carboxylic acids is 2. The number of rotatable bonds is 8. The Hall–Kier alpha value is -4.06. The Morgan fingerprint density at radius 2 is 1.70 bits per heavy atom. The van der Waals surface area contributed by atoms with Gasteiger partial charge in [-0.05, 0) is 61.4 Å². The maximum absolute atomic E-state index is 12.0. The highest BCUT2D eigenvalue weighted by atomic mass is 16.5. The van der Waals surface area contributed by atoms with Crippen molar-refractivity contribution in [3.05, 3.63) is 95.2 Å². The number of hydrogen-bond acceptors (Lipinski definition) is 4. The summed E-state index contributed by atoms with van der Waals surface area (Å²) < 4.78 is 13.3. The lowest BCUT2D eigenvalue weighted by molar-refractivity contribution is -0.117. The van der Waals surface area contributed by atoms with Gasteiger partial charge in [0.2, 0.25) is 5.91 Å². The first-order chi connectivity index (χ1) is 16.0. The molecule has 0 aliphatic rings. The third kappa shape index (κ3) is 4.90. The Balaban J connectivity index is 1.71. The van der Waals surface area contributed by atoms with Gasteiger partial charge in [-0.2, -0.15) is 0 Å². The molecule has 1 heterocycles. The molecule has 0 radical (unpaired) electrons. The highest BCUT2D eigenvalue weighted by Crippen LogP contribution is 2.32. The van der Waals surface area contributed by atoms with E-state index < -0.39 is 5.97 Å². The zero-order valence-electron chi connectivity index (χ0n) is 18.7. The minimum Gasteiger partial charge on any atom is -0.462 e. The third-order valence-corrected chi connectivity index (χ3v) is 5.54. The smallest absolute Gasteiger partial charge is 0.338 e. The highest BCUT2D eigenvalue weighted by Gasteiger charge is 2.17. The van der Waals surface area contributed by atoms with Gasteiger partial charge in [0.25, 0.3) is 0 Å². The molecule has 0 bridgehead atoms. The van der Waals surface area contributed by atoms with Gasteiger partial charge in [-0.3, -0.25) is 4.79 Å². The van der Waals surface area contributed by atoms with Gasteiger partial charge in [0, 0.05) is 23.1 Å². The van der Waals surface area contributed by atoms with E-state index in [2.05, 4.69) is 16.7 Å². The molecule has 1 aromatic heterocycles. The second kappa shape index (κ2) is 9.61. The number of aromatic nitrogens is 1. The first-order valence-electron chi connectivity index (χ1n) is 10.8. The minimum atomic E-state index is -0.393. The van der Waals surface area contributed by atoms with Crippen molar-refractivity contribution in [3.8, 4) is 11.5 Å². The summed E-state index contributed by atoms with van der Waals surface area (Å²) in [5.41, 5.74) is 10.0. The summed E-state index contributed by atoms with van der Waals surface area (Å²) in [6.45, 7) is 4.76. The third-order valence-electron chi connectivity index (χ3n) is 5.54. The van der Waals surface area contributed by atoms with Crippen molar-refractivity contribution in [1.82, 2.24) is 4.57 Å². The van der Waals surface area contributed by atoms with E-state index >= 15 is 0 Å². The number of nitrogens with zero attached hydrogens (tertiary/aromatic N) is 1. The lowest BCUT2D eigenvalue weighted by atomic mass is 10.1. The Morgan fingerprint density at radius 3 is 2.42 bits per heavy atom. The lowest BCUT2D eigenvalue weighted by Crippen LogP contribution is -2.14. The maximum Gasteiger partial charge on any atom is 0.338 e. The molecule has 3 aromatic carbocycles. The quantitative estimate of drug-likeness (QED) is 0.390. The van der Waals surface area contributed by atoms with E-state index in [0.29, 0.717) is 30.2 Å². The van der Waals surface area contributed by atoms with Gasteiger partial charge in [-0.15, -0.1) is 0 Å². The van der Waals surface area contributed by atoms with Gasteiger partial charge in [-0.25, -0.2) is 4.79 Å². The van der Waals surface area contributed by atoms with Gasteiger partial charge in [-0.1, -0.05) is 36.4 Å².